The highest BCUT2D eigenvalue weighted by atomic mass is 35.5. The number of ether oxygens (including phenoxy) is 1. The molecule has 1 saturated heterocycles. The highest BCUT2D eigenvalue weighted by molar-refractivity contribution is 5.85. The molecular weight excluding hydrogens is 295 g/mol. The van der Waals surface area contributed by atoms with Gasteiger partial charge >= 0.3 is 0 Å². The lowest BCUT2D eigenvalue weighted by molar-refractivity contribution is -0.124. The van der Waals surface area contributed by atoms with Gasteiger partial charge in [0.1, 0.15) is 17.7 Å². The van der Waals surface area contributed by atoms with Gasteiger partial charge in [0.15, 0.2) is 0 Å². The summed E-state index contributed by atoms with van der Waals surface area (Å²) in [5.74, 6) is 0.338. The summed E-state index contributed by atoms with van der Waals surface area (Å²) in [7, 11) is 0. The number of piperidine rings is 1. The van der Waals surface area contributed by atoms with E-state index < -0.39 is 0 Å². The number of halogens is 2. The van der Waals surface area contributed by atoms with E-state index >= 15 is 0 Å². The zero-order chi connectivity index (χ0) is 14.4. The van der Waals surface area contributed by atoms with Crippen LogP contribution in [0.15, 0.2) is 24.3 Å². The minimum atomic E-state index is -0.290. The third kappa shape index (κ3) is 5.89. The minimum absolute atomic E-state index is 0. The van der Waals surface area contributed by atoms with Crippen molar-refractivity contribution >= 4 is 18.3 Å². The SMILES string of the molecule is CC(CNC(=O)C1CCCCN1)Oc1ccc(F)cc1.Cl. The second-order valence-electron chi connectivity index (χ2n) is 5.13. The van der Waals surface area contributed by atoms with Crippen molar-refractivity contribution in [2.75, 3.05) is 13.1 Å². The van der Waals surface area contributed by atoms with Crippen molar-refractivity contribution in [3.05, 3.63) is 30.1 Å². The fraction of sp³-hybridized carbons (Fsp3) is 0.533. The van der Waals surface area contributed by atoms with Gasteiger partial charge in [-0.05, 0) is 50.6 Å². The Morgan fingerprint density at radius 1 is 1.43 bits per heavy atom. The van der Waals surface area contributed by atoms with E-state index in [9.17, 15) is 9.18 Å². The van der Waals surface area contributed by atoms with Crippen LogP contribution in [0.3, 0.4) is 0 Å². The predicted molar refractivity (Wildman–Crippen MR) is 82.4 cm³/mol. The van der Waals surface area contributed by atoms with E-state index in [1.54, 1.807) is 12.1 Å². The van der Waals surface area contributed by atoms with Crippen LogP contribution in [-0.4, -0.2) is 31.1 Å². The monoisotopic (exact) mass is 316 g/mol. The van der Waals surface area contributed by atoms with Crippen LogP contribution in [-0.2, 0) is 4.79 Å². The van der Waals surface area contributed by atoms with Gasteiger partial charge in [0.2, 0.25) is 5.91 Å². The van der Waals surface area contributed by atoms with Crippen molar-refractivity contribution in [2.24, 2.45) is 0 Å². The van der Waals surface area contributed by atoms with Crippen LogP contribution in [0.5, 0.6) is 5.75 Å². The number of nitrogens with one attached hydrogen (secondary N) is 2. The summed E-state index contributed by atoms with van der Waals surface area (Å²) in [6.07, 6.45) is 2.95. The molecule has 2 rings (SSSR count). The standard InChI is InChI=1S/C15H21FN2O2.ClH/c1-11(20-13-7-5-12(16)6-8-13)10-18-15(19)14-4-2-3-9-17-14;/h5-8,11,14,17H,2-4,9-10H2,1H3,(H,18,19);1H. The van der Waals surface area contributed by atoms with Crippen LogP contribution in [0.1, 0.15) is 26.2 Å². The van der Waals surface area contributed by atoms with E-state index in [0.29, 0.717) is 12.3 Å². The number of rotatable bonds is 5. The van der Waals surface area contributed by atoms with Crippen LogP contribution < -0.4 is 15.4 Å². The smallest absolute Gasteiger partial charge is 0.237 e. The number of amides is 1. The average Bonchev–Trinajstić information content (AvgIpc) is 2.48. The third-order valence-electron chi connectivity index (χ3n) is 3.34. The van der Waals surface area contributed by atoms with E-state index in [2.05, 4.69) is 10.6 Å². The van der Waals surface area contributed by atoms with Gasteiger partial charge in [-0.2, -0.15) is 0 Å². The lowest BCUT2D eigenvalue weighted by atomic mass is 10.0. The summed E-state index contributed by atoms with van der Waals surface area (Å²) >= 11 is 0. The first-order valence-corrected chi connectivity index (χ1v) is 7.08. The van der Waals surface area contributed by atoms with E-state index in [1.165, 1.54) is 12.1 Å². The third-order valence-corrected chi connectivity index (χ3v) is 3.34. The Labute approximate surface area is 130 Å². The Bertz CT molecular complexity index is 436. The van der Waals surface area contributed by atoms with Crippen LogP contribution in [0.25, 0.3) is 0 Å². The Morgan fingerprint density at radius 2 is 2.14 bits per heavy atom. The summed E-state index contributed by atoms with van der Waals surface area (Å²) in [6.45, 7) is 3.21. The minimum Gasteiger partial charge on any atom is -0.489 e. The average molecular weight is 317 g/mol. The first-order chi connectivity index (χ1) is 9.65. The van der Waals surface area contributed by atoms with Gasteiger partial charge in [0, 0.05) is 0 Å². The molecule has 2 unspecified atom stereocenters. The van der Waals surface area contributed by atoms with Gasteiger partial charge in [0.05, 0.1) is 12.6 Å². The summed E-state index contributed by atoms with van der Waals surface area (Å²) < 4.78 is 18.4. The largest absolute Gasteiger partial charge is 0.489 e. The summed E-state index contributed by atoms with van der Waals surface area (Å²) in [6, 6.07) is 5.79. The van der Waals surface area contributed by atoms with Gasteiger partial charge in [-0.1, -0.05) is 6.42 Å². The lowest BCUT2D eigenvalue weighted by Crippen LogP contribution is -2.48. The Hall–Kier alpha value is -1.33. The zero-order valence-electron chi connectivity index (χ0n) is 12.1. The Balaban J connectivity index is 0.00000220. The molecule has 2 N–H and O–H groups in total. The zero-order valence-corrected chi connectivity index (χ0v) is 12.9. The number of carbonyl (C=O) groups excluding carboxylic acids is 1. The van der Waals surface area contributed by atoms with Gasteiger partial charge in [0.25, 0.3) is 0 Å². The van der Waals surface area contributed by atoms with Crippen molar-refractivity contribution < 1.29 is 13.9 Å². The predicted octanol–water partition coefficient (Wildman–Crippen LogP) is 2.27. The molecular formula is C15H22ClFN2O2. The van der Waals surface area contributed by atoms with E-state index in [4.69, 9.17) is 4.74 Å². The molecule has 6 heteroatoms. The Kier molecular flexibility index (Phi) is 7.47. The molecule has 2 atom stereocenters. The quantitative estimate of drug-likeness (QED) is 0.876. The second kappa shape index (κ2) is 8.85. The van der Waals surface area contributed by atoms with Crippen molar-refractivity contribution in [3.8, 4) is 5.75 Å². The van der Waals surface area contributed by atoms with Crippen molar-refractivity contribution in [3.63, 3.8) is 0 Å². The number of hydrogen-bond acceptors (Lipinski definition) is 3. The fourth-order valence-electron chi connectivity index (χ4n) is 2.23. The maximum Gasteiger partial charge on any atom is 0.237 e. The maximum atomic E-state index is 12.8. The molecule has 0 saturated carbocycles. The van der Waals surface area contributed by atoms with Gasteiger partial charge in [-0.3, -0.25) is 4.79 Å². The summed E-state index contributed by atoms with van der Waals surface area (Å²) in [5.41, 5.74) is 0. The normalized spacial score (nSPS) is 19.2. The number of benzene rings is 1. The first-order valence-electron chi connectivity index (χ1n) is 7.08. The van der Waals surface area contributed by atoms with E-state index in [1.807, 2.05) is 6.92 Å². The van der Waals surface area contributed by atoms with E-state index in [-0.39, 0.29) is 36.3 Å². The molecule has 1 aromatic rings. The van der Waals surface area contributed by atoms with Crippen molar-refractivity contribution in [1.29, 1.82) is 0 Å². The van der Waals surface area contributed by atoms with Crippen molar-refractivity contribution in [1.82, 2.24) is 10.6 Å². The molecule has 1 fully saturated rings. The van der Waals surface area contributed by atoms with Crippen molar-refractivity contribution in [2.45, 2.75) is 38.3 Å². The Morgan fingerprint density at radius 3 is 2.76 bits per heavy atom. The maximum absolute atomic E-state index is 12.8. The molecule has 118 valence electrons. The lowest BCUT2D eigenvalue weighted by Gasteiger charge is -2.23. The molecule has 0 aromatic heterocycles. The molecule has 0 bridgehead atoms. The van der Waals surface area contributed by atoms with Crippen LogP contribution in [0.4, 0.5) is 4.39 Å². The highest BCUT2D eigenvalue weighted by Crippen LogP contribution is 2.13. The molecule has 0 spiro atoms. The summed E-state index contributed by atoms with van der Waals surface area (Å²) in [5, 5.41) is 6.09. The molecule has 0 aliphatic carbocycles. The highest BCUT2D eigenvalue weighted by Gasteiger charge is 2.20. The van der Waals surface area contributed by atoms with Gasteiger partial charge in [-0.15, -0.1) is 12.4 Å². The molecule has 1 heterocycles. The molecule has 1 aromatic carbocycles. The molecule has 1 aliphatic rings. The van der Waals surface area contributed by atoms with Gasteiger partial charge < -0.3 is 15.4 Å². The second-order valence-corrected chi connectivity index (χ2v) is 5.13. The fourth-order valence-corrected chi connectivity index (χ4v) is 2.23. The topological polar surface area (TPSA) is 50.4 Å². The number of hydrogen-bond donors (Lipinski definition) is 2. The van der Waals surface area contributed by atoms with Crippen LogP contribution in [0.2, 0.25) is 0 Å². The van der Waals surface area contributed by atoms with Crippen LogP contribution >= 0.6 is 12.4 Å². The number of carbonyl (C=O) groups is 1. The molecule has 4 nitrogen and oxygen atoms in total. The molecule has 0 radical (unpaired) electrons. The van der Waals surface area contributed by atoms with Gasteiger partial charge in [-0.25, -0.2) is 4.39 Å². The molecule has 1 amide bonds. The molecule has 21 heavy (non-hydrogen) atoms. The first kappa shape index (κ1) is 17.7. The van der Waals surface area contributed by atoms with E-state index in [0.717, 1.165) is 25.8 Å². The summed E-state index contributed by atoms with van der Waals surface area (Å²) in [4.78, 5) is 11.9. The van der Waals surface area contributed by atoms with Crippen LogP contribution in [0, 0.1) is 5.82 Å². The molecule has 1 aliphatic heterocycles.